The molecule has 0 spiro atoms. The van der Waals surface area contributed by atoms with Gasteiger partial charge < -0.3 is 14.6 Å². The summed E-state index contributed by atoms with van der Waals surface area (Å²) in [5.41, 5.74) is 0.487. The molecule has 0 radical (unpaired) electrons. The zero-order valence-corrected chi connectivity index (χ0v) is 13.4. The van der Waals surface area contributed by atoms with E-state index in [0.717, 1.165) is 25.7 Å². The molecule has 6 nitrogen and oxygen atoms in total. The highest BCUT2D eigenvalue weighted by molar-refractivity contribution is 5.84. The van der Waals surface area contributed by atoms with E-state index < -0.39 is 12.1 Å². The summed E-state index contributed by atoms with van der Waals surface area (Å²) in [6.07, 6.45) is 3.17. The number of ether oxygens (including phenoxy) is 2. The molecular formula is C17H22FNO5. The summed E-state index contributed by atoms with van der Waals surface area (Å²) in [5, 5.41) is 11.1. The van der Waals surface area contributed by atoms with Crippen molar-refractivity contribution in [1.82, 2.24) is 0 Å². The van der Waals surface area contributed by atoms with E-state index in [4.69, 9.17) is 14.6 Å². The fourth-order valence-corrected chi connectivity index (χ4v) is 2.76. The second kappa shape index (κ2) is 9.22. The van der Waals surface area contributed by atoms with Crippen LogP contribution in [0.25, 0.3) is 0 Å². The molecule has 2 N–H and O–H groups in total. The Labute approximate surface area is 139 Å². The second-order valence-corrected chi connectivity index (χ2v) is 6.03. The SMILES string of the molecule is O=C(O)COCC1CCC(COC(=O)Nc2ccc(F)cc2)CC1. The Hall–Kier alpha value is -2.15. The van der Waals surface area contributed by atoms with E-state index in [2.05, 4.69) is 5.32 Å². The summed E-state index contributed by atoms with van der Waals surface area (Å²) in [7, 11) is 0. The highest BCUT2D eigenvalue weighted by Crippen LogP contribution is 2.29. The summed E-state index contributed by atoms with van der Waals surface area (Å²) in [4.78, 5) is 22.1. The van der Waals surface area contributed by atoms with Gasteiger partial charge in [0.1, 0.15) is 12.4 Å². The van der Waals surface area contributed by atoms with Gasteiger partial charge in [-0.2, -0.15) is 0 Å². The third kappa shape index (κ3) is 6.54. The number of hydrogen-bond donors (Lipinski definition) is 2. The van der Waals surface area contributed by atoms with Gasteiger partial charge in [0.15, 0.2) is 0 Å². The molecule has 1 aliphatic carbocycles. The van der Waals surface area contributed by atoms with Gasteiger partial charge in [-0.15, -0.1) is 0 Å². The van der Waals surface area contributed by atoms with Crippen molar-refractivity contribution in [2.24, 2.45) is 11.8 Å². The maximum atomic E-state index is 12.8. The summed E-state index contributed by atoms with van der Waals surface area (Å²) in [6, 6.07) is 5.48. The molecule has 0 unspecified atom stereocenters. The highest BCUT2D eigenvalue weighted by Gasteiger charge is 2.22. The fraction of sp³-hybridized carbons (Fsp3) is 0.529. The lowest BCUT2D eigenvalue weighted by Gasteiger charge is -2.27. The summed E-state index contributed by atoms with van der Waals surface area (Å²) in [6.45, 7) is 0.549. The maximum Gasteiger partial charge on any atom is 0.411 e. The first-order chi connectivity index (χ1) is 11.5. The number of halogens is 1. The molecule has 0 bridgehead atoms. The number of carboxylic acid groups (broad SMARTS) is 1. The van der Waals surface area contributed by atoms with Crippen molar-refractivity contribution in [2.45, 2.75) is 25.7 Å². The zero-order valence-electron chi connectivity index (χ0n) is 13.4. The number of aliphatic carboxylic acids is 1. The minimum atomic E-state index is -0.954. The number of nitrogens with one attached hydrogen (secondary N) is 1. The molecule has 0 atom stereocenters. The monoisotopic (exact) mass is 339 g/mol. The molecule has 0 heterocycles. The van der Waals surface area contributed by atoms with Crippen LogP contribution in [0.15, 0.2) is 24.3 Å². The summed E-state index contributed by atoms with van der Waals surface area (Å²) in [5.74, 6) is -0.643. The van der Waals surface area contributed by atoms with Gasteiger partial charge in [0.2, 0.25) is 0 Å². The van der Waals surface area contributed by atoms with Crippen molar-refractivity contribution >= 4 is 17.7 Å². The molecule has 1 aliphatic rings. The number of carbonyl (C=O) groups is 2. The molecule has 7 heteroatoms. The van der Waals surface area contributed by atoms with Gasteiger partial charge >= 0.3 is 12.1 Å². The number of carboxylic acids is 1. The number of amides is 1. The number of carbonyl (C=O) groups excluding carboxylic acids is 1. The molecule has 1 amide bonds. The van der Waals surface area contributed by atoms with Crippen LogP contribution >= 0.6 is 0 Å². The van der Waals surface area contributed by atoms with E-state index in [1.807, 2.05) is 0 Å². The second-order valence-electron chi connectivity index (χ2n) is 6.03. The van der Waals surface area contributed by atoms with E-state index in [-0.39, 0.29) is 12.4 Å². The minimum absolute atomic E-state index is 0.257. The standard InChI is InChI=1S/C17H22FNO5/c18-14-5-7-15(8-6-14)19-17(22)24-10-13-3-1-12(2-4-13)9-23-11-16(20)21/h5-8,12-13H,1-4,9-11H2,(H,19,22)(H,20,21). The van der Waals surface area contributed by atoms with Crippen LogP contribution in [0.2, 0.25) is 0 Å². The average Bonchev–Trinajstić information content (AvgIpc) is 2.56. The predicted molar refractivity (Wildman–Crippen MR) is 85.3 cm³/mol. The van der Waals surface area contributed by atoms with Gasteiger partial charge in [0, 0.05) is 5.69 Å². The zero-order chi connectivity index (χ0) is 17.4. The Kier molecular flexibility index (Phi) is 6.99. The van der Waals surface area contributed by atoms with Crippen LogP contribution in [-0.4, -0.2) is 37.0 Å². The van der Waals surface area contributed by atoms with Crippen LogP contribution < -0.4 is 5.32 Å². The van der Waals surface area contributed by atoms with Gasteiger partial charge in [-0.1, -0.05) is 0 Å². The lowest BCUT2D eigenvalue weighted by Crippen LogP contribution is -2.25. The minimum Gasteiger partial charge on any atom is -0.480 e. The van der Waals surface area contributed by atoms with Crippen molar-refractivity contribution in [3.05, 3.63) is 30.1 Å². The molecule has 0 aromatic heterocycles. The number of anilines is 1. The molecular weight excluding hydrogens is 317 g/mol. The van der Waals surface area contributed by atoms with Crippen molar-refractivity contribution in [2.75, 3.05) is 25.1 Å². The van der Waals surface area contributed by atoms with E-state index in [1.54, 1.807) is 0 Å². The Balaban J connectivity index is 1.60. The quantitative estimate of drug-likeness (QED) is 0.796. The lowest BCUT2D eigenvalue weighted by atomic mass is 9.83. The molecule has 0 aliphatic heterocycles. The fourth-order valence-electron chi connectivity index (χ4n) is 2.76. The number of hydrogen-bond acceptors (Lipinski definition) is 4. The van der Waals surface area contributed by atoms with Crippen LogP contribution in [0.4, 0.5) is 14.9 Å². The first-order valence-electron chi connectivity index (χ1n) is 8.02. The third-order valence-corrected chi connectivity index (χ3v) is 4.09. The van der Waals surface area contributed by atoms with Crippen molar-refractivity contribution < 1.29 is 28.6 Å². The normalized spacial score (nSPS) is 20.4. The van der Waals surface area contributed by atoms with E-state index in [0.29, 0.717) is 30.7 Å². The molecule has 1 aromatic carbocycles. The Morgan fingerprint density at radius 3 is 2.25 bits per heavy atom. The smallest absolute Gasteiger partial charge is 0.411 e. The third-order valence-electron chi connectivity index (χ3n) is 4.09. The largest absolute Gasteiger partial charge is 0.480 e. The predicted octanol–water partition coefficient (Wildman–Crippen LogP) is 3.28. The molecule has 0 saturated heterocycles. The number of rotatable bonds is 7. The van der Waals surface area contributed by atoms with E-state index in [1.165, 1.54) is 24.3 Å². The van der Waals surface area contributed by atoms with Gasteiger partial charge in [-0.05, 0) is 61.8 Å². The van der Waals surface area contributed by atoms with Crippen molar-refractivity contribution in [3.63, 3.8) is 0 Å². The lowest BCUT2D eigenvalue weighted by molar-refractivity contribution is -0.142. The van der Waals surface area contributed by atoms with Gasteiger partial charge in [0.05, 0.1) is 13.2 Å². The molecule has 2 rings (SSSR count). The topological polar surface area (TPSA) is 84.9 Å². The van der Waals surface area contributed by atoms with Crippen LogP contribution in [0.3, 0.4) is 0 Å². The first-order valence-corrected chi connectivity index (χ1v) is 8.02. The highest BCUT2D eigenvalue weighted by atomic mass is 19.1. The molecule has 24 heavy (non-hydrogen) atoms. The molecule has 1 fully saturated rings. The van der Waals surface area contributed by atoms with Crippen LogP contribution in [0.1, 0.15) is 25.7 Å². The van der Waals surface area contributed by atoms with Gasteiger partial charge in [-0.25, -0.2) is 14.0 Å². The van der Waals surface area contributed by atoms with Crippen LogP contribution in [0, 0.1) is 17.7 Å². The van der Waals surface area contributed by atoms with Gasteiger partial charge in [0.25, 0.3) is 0 Å². The first kappa shape index (κ1) is 18.2. The van der Waals surface area contributed by atoms with Crippen LogP contribution in [-0.2, 0) is 14.3 Å². The van der Waals surface area contributed by atoms with Crippen LogP contribution in [0.5, 0.6) is 0 Å². The summed E-state index contributed by atoms with van der Waals surface area (Å²) < 4.78 is 23.1. The molecule has 1 aromatic rings. The van der Waals surface area contributed by atoms with Crippen molar-refractivity contribution in [1.29, 1.82) is 0 Å². The van der Waals surface area contributed by atoms with Crippen molar-refractivity contribution in [3.8, 4) is 0 Å². The number of benzene rings is 1. The van der Waals surface area contributed by atoms with E-state index in [9.17, 15) is 14.0 Å². The average molecular weight is 339 g/mol. The van der Waals surface area contributed by atoms with E-state index >= 15 is 0 Å². The Morgan fingerprint density at radius 2 is 1.67 bits per heavy atom. The van der Waals surface area contributed by atoms with Gasteiger partial charge in [-0.3, -0.25) is 5.32 Å². The molecule has 1 saturated carbocycles. The Morgan fingerprint density at radius 1 is 1.08 bits per heavy atom. The summed E-state index contributed by atoms with van der Waals surface area (Å²) >= 11 is 0. The molecule has 132 valence electrons. The maximum absolute atomic E-state index is 12.8. The Bertz CT molecular complexity index is 540.